The van der Waals surface area contributed by atoms with E-state index in [-0.39, 0.29) is 0 Å². The molecule has 0 aromatic carbocycles. The molecule has 1 nitrogen and oxygen atoms in total. The molecule has 3 saturated carbocycles. The first-order chi connectivity index (χ1) is 9.19. The van der Waals surface area contributed by atoms with Crippen molar-refractivity contribution in [3.8, 4) is 0 Å². The first-order valence-electron chi connectivity index (χ1n) is 8.92. The van der Waals surface area contributed by atoms with Gasteiger partial charge in [-0.2, -0.15) is 0 Å². The summed E-state index contributed by atoms with van der Waals surface area (Å²) in [5.74, 6) is 6.05. The molecule has 0 heterocycles. The average Bonchev–Trinajstić information content (AvgIpc) is 3.02. The van der Waals surface area contributed by atoms with Gasteiger partial charge < -0.3 is 5.32 Å². The van der Waals surface area contributed by atoms with Gasteiger partial charge in [0.1, 0.15) is 0 Å². The first kappa shape index (κ1) is 13.9. The second-order valence-electron chi connectivity index (χ2n) is 7.95. The van der Waals surface area contributed by atoms with Crippen molar-refractivity contribution < 1.29 is 0 Å². The summed E-state index contributed by atoms with van der Waals surface area (Å²) >= 11 is 0. The lowest BCUT2D eigenvalue weighted by Gasteiger charge is -2.42. The van der Waals surface area contributed by atoms with Gasteiger partial charge in [0, 0.05) is 6.04 Å². The number of fused-ring (bicyclic) bond motifs is 2. The maximum absolute atomic E-state index is 3.91. The molecule has 3 aliphatic rings. The van der Waals surface area contributed by atoms with Gasteiger partial charge >= 0.3 is 0 Å². The van der Waals surface area contributed by atoms with Gasteiger partial charge in [-0.15, -0.1) is 0 Å². The second-order valence-corrected chi connectivity index (χ2v) is 7.95. The van der Waals surface area contributed by atoms with Gasteiger partial charge in [0.05, 0.1) is 0 Å². The summed E-state index contributed by atoms with van der Waals surface area (Å²) in [6.07, 6.45) is 10.6. The molecule has 110 valence electrons. The van der Waals surface area contributed by atoms with Gasteiger partial charge in [-0.25, -0.2) is 0 Å². The molecule has 0 spiro atoms. The quantitative estimate of drug-likeness (QED) is 0.789. The van der Waals surface area contributed by atoms with E-state index in [0.717, 1.165) is 41.5 Å². The van der Waals surface area contributed by atoms with Crippen LogP contribution in [0.3, 0.4) is 0 Å². The minimum atomic E-state index is 0.843. The fourth-order valence-electron chi connectivity index (χ4n) is 5.55. The van der Waals surface area contributed by atoms with Crippen molar-refractivity contribution in [1.29, 1.82) is 0 Å². The van der Waals surface area contributed by atoms with Gasteiger partial charge in [0.25, 0.3) is 0 Å². The van der Waals surface area contributed by atoms with Gasteiger partial charge in [-0.3, -0.25) is 0 Å². The Bertz CT molecular complexity index is 300. The van der Waals surface area contributed by atoms with Gasteiger partial charge in [0.2, 0.25) is 0 Å². The molecule has 3 fully saturated rings. The van der Waals surface area contributed by atoms with Crippen LogP contribution in [0.4, 0.5) is 0 Å². The molecule has 3 rings (SSSR count). The average molecular weight is 263 g/mol. The molecule has 0 amide bonds. The highest BCUT2D eigenvalue weighted by Gasteiger charge is 2.45. The van der Waals surface area contributed by atoms with E-state index < -0.39 is 0 Å². The Morgan fingerprint density at radius 3 is 2.37 bits per heavy atom. The molecule has 0 aromatic rings. The first-order valence-corrected chi connectivity index (χ1v) is 8.92. The van der Waals surface area contributed by atoms with Gasteiger partial charge in [-0.1, -0.05) is 33.6 Å². The van der Waals surface area contributed by atoms with E-state index in [1.807, 2.05) is 0 Å². The van der Waals surface area contributed by atoms with Gasteiger partial charge in [-0.05, 0) is 74.2 Å². The van der Waals surface area contributed by atoms with Crippen molar-refractivity contribution in [2.75, 3.05) is 6.54 Å². The SMILES string of the molecule is CCNC(C1CCC(C)C(C)C1)C1CC2CCC1C2. The zero-order valence-corrected chi connectivity index (χ0v) is 13.2. The maximum Gasteiger partial charge on any atom is 0.0126 e. The van der Waals surface area contributed by atoms with Gasteiger partial charge in [0.15, 0.2) is 0 Å². The smallest absolute Gasteiger partial charge is 0.0126 e. The fraction of sp³-hybridized carbons (Fsp3) is 1.00. The molecule has 3 aliphatic carbocycles. The predicted molar refractivity (Wildman–Crippen MR) is 82.1 cm³/mol. The van der Waals surface area contributed by atoms with Crippen molar-refractivity contribution in [3.05, 3.63) is 0 Å². The normalized spacial score (nSPS) is 47.5. The zero-order valence-electron chi connectivity index (χ0n) is 13.2. The molecule has 0 saturated heterocycles. The van der Waals surface area contributed by atoms with Crippen LogP contribution in [-0.4, -0.2) is 12.6 Å². The third-order valence-electron chi connectivity index (χ3n) is 6.84. The topological polar surface area (TPSA) is 12.0 Å². The standard InChI is InChI=1S/C18H33N/c1-4-19-18(16-7-5-12(2)13(3)9-16)17-11-14-6-8-15(17)10-14/h12-19H,4-11H2,1-3H3. The molecule has 1 N–H and O–H groups in total. The lowest BCUT2D eigenvalue weighted by Crippen LogP contribution is -2.46. The van der Waals surface area contributed by atoms with E-state index in [1.54, 1.807) is 12.8 Å². The largest absolute Gasteiger partial charge is 0.314 e. The Kier molecular flexibility index (Phi) is 4.22. The van der Waals surface area contributed by atoms with Crippen LogP contribution in [0, 0.1) is 35.5 Å². The molecular formula is C18H33N. The minimum Gasteiger partial charge on any atom is -0.314 e. The summed E-state index contributed by atoms with van der Waals surface area (Å²) in [5.41, 5.74) is 0. The number of hydrogen-bond donors (Lipinski definition) is 1. The van der Waals surface area contributed by atoms with Crippen LogP contribution in [-0.2, 0) is 0 Å². The zero-order chi connectivity index (χ0) is 13.4. The van der Waals surface area contributed by atoms with Crippen LogP contribution in [0.2, 0.25) is 0 Å². The molecular weight excluding hydrogens is 230 g/mol. The summed E-state index contributed by atoms with van der Waals surface area (Å²) in [6.45, 7) is 8.41. The van der Waals surface area contributed by atoms with Crippen molar-refractivity contribution in [2.45, 2.75) is 71.8 Å². The Labute approximate surface area is 119 Å². The monoisotopic (exact) mass is 263 g/mol. The molecule has 0 aliphatic heterocycles. The summed E-state index contributed by atoms with van der Waals surface area (Å²) in [6, 6.07) is 0.843. The van der Waals surface area contributed by atoms with E-state index in [9.17, 15) is 0 Å². The third kappa shape index (κ3) is 2.73. The molecule has 7 atom stereocenters. The molecule has 2 bridgehead atoms. The fourth-order valence-corrected chi connectivity index (χ4v) is 5.55. The summed E-state index contributed by atoms with van der Waals surface area (Å²) in [5, 5.41) is 3.91. The van der Waals surface area contributed by atoms with E-state index in [2.05, 4.69) is 26.1 Å². The summed E-state index contributed by atoms with van der Waals surface area (Å²) < 4.78 is 0. The van der Waals surface area contributed by atoms with Crippen molar-refractivity contribution in [3.63, 3.8) is 0 Å². The van der Waals surface area contributed by atoms with Crippen LogP contribution in [0.25, 0.3) is 0 Å². The Morgan fingerprint density at radius 1 is 0.947 bits per heavy atom. The van der Waals surface area contributed by atoms with Crippen LogP contribution >= 0.6 is 0 Å². The Balaban J connectivity index is 1.67. The van der Waals surface area contributed by atoms with Crippen molar-refractivity contribution in [1.82, 2.24) is 5.32 Å². The van der Waals surface area contributed by atoms with E-state index in [1.165, 1.54) is 38.6 Å². The van der Waals surface area contributed by atoms with Crippen LogP contribution in [0.1, 0.15) is 65.7 Å². The molecule has 7 unspecified atom stereocenters. The molecule has 1 heteroatoms. The lowest BCUT2D eigenvalue weighted by molar-refractivity contribution is 0.118. The summed E-state index contributed by atoms with van der Waals surface area (Å²) in [7, 11) is 0. The maximum atomic E-state index is 3.91. The highest BCUT2D eigenvalue weighted by molar-refractivity contribution is 4.98. The van der Waals surface area contributed by atoms with E-state index in [0.29, 0.717) is 0 Å². The lowest BCUT2D eigenvalue weighted by atomic mass is 9.68. The predicted octanol–water partition coefficient (Wildman–Crippen LogP) is 4.47. The Hall–Kier alpha value is -0.0400. The summed E-state index contributed by atoms with van der Waals surface area (Å²) in [4.78, 5) is 0. The van der Waals surface area contributed by atoms with Crippen molar-refractivity contribution in [2.24, 2.45) is 35.5 Å². The highest BCUT2D eigenvalue weighted by atomic mass is 14.9. The van der Waals surface area contributed by atoms with Crippen LogP contribution in [0.5, 0.6) is 0 Å². The van der Waals surface area contributed by atoms with E-state index >= 15 is 0 Å². The molecule has 19 heavy (non-hydrogen) atoms. The number of hydrogen-bond acceptors (Lipinski definition) is 1. The third-order valence-corrected chi connectivity index (χ3v) is 6.84. The Morgan fingerprint density at radius 2 is 1.79 bits per heavy atom. The van der Waals surface area contributed by atoms with E-state index in [4.69, 9.17) is 0 Å². The number of nitrogens with one attached hydrogen (secondary N) is 1. The molecule has 0 radical (unpaired) electrons. The van der Waals surface area contributed by atoms with Crippen LogP contribution < -0.4 is 5.32 Å². The highest BCUT2D eigenvalue weighted by Crippen LogP contribution is 2.52. The number of rotatable bonds is 4. The second kappa shape index (κ2) is 5.76. The van der Waals surface area contributed by atoms with Crippen molar-refractivity contribution >= 4 is 0 Å². The molecule has 0 aromatic heterocycles. The minimum absolute atomic E-state index is 0.843. The van der Waals surface area contributed by atoms with Crippen LogP contribution in [0.15, 0.2) is 0 Å².